The van der Waals surface area contributed by atoms with Crippen LogP contribution in [0.2, 0.25) is 0 Å². The summed E-state index contributed by atoms with van der Waals surface area (Å²) in [6, 6.07) is 10.6. The van der Waals surface area contributed by atoms with E-state index in [-0.39, 0.29) is 24.2 Å². The molecule has 3 rings (SSSR count). The van der Waals surface area contributed by atoms with E-state index in [0.717, 1.165) is 31.2 Å². The average Bonchev–Trinajstić information content (AvgIpc) is 2.45. The van der Waals surface area contributed by atoms with Gasteiger partial charge < -0.3 is 15.4 Å². The van der Waals surface area contributed by atoms with Crippen molar-refractivity contribution in [1.29, 1.82) is 0 Å². The molecule has 4 nitrogen and oxygen atoms in total. The van der Waals surface area contributed by atoms with Crippen LogP contribution < -0.4 is 5.73 Å². The summed E-state index contributed by atoms with van der Waals surface area (Å²) >= 11 is 0. The molecule has 1 amide bonds. The van der Waals surface area contributed by atoms with E-state index in [9.17, 15) is 4.79 Å². The first-order chi connectivity index (χ1) is 9.74. The number of nitrogens with zero attached hydrogens (tertiary/aromatic N) is 1. The molecule has 2 fully saturated rings. The molecule has 0 saturated carbocycles. The molecule has 1 aromatic rings. The Kier molecular flexibility index (Phi) is 3.92. The van der Waals surface area contributed by atoms with E-state index in [4.69, 9.17) is 10.5 Å². The molecule has 2 bridgehead atoms. The van der Waals surface area contributed by atoms with E-state index in [1.165, 1.54) is 6.42 Å². The van der Waals surface area contributed by atoms with Gasteiger partial charge in [0.1, 0.15) is 6.61 Å². The quantitative estimate of drug-likeness (QED) is 0.902. The van der Waals surface area contributed by atoms with Gasteiger partial charge in [0, 0.05) is 18.1 Å². The Morgan fingerprint density at radius 3 is 2.50 bits per heavy atom. The highest BCUT2D eigenvalue weighted by Crippen LogP contribution is 2.33. The van der Waals surface area contributed by atoms with Crippen molar-refractivity contribution >= 4 is 6.09 Å². The van der Waals surface area contributed by atoms with Gasteiger partial charge in [0.25, 0.3) is 0 Å². The van der Waals surface area contributed by atoms with Gasteiger partial charge in [-0.05, 0) is 37.7 Å². The molecule has 0 aromatic heterocycles. The summed E-state index contributed by atoms with van der Waals surface area (Å²) in [5, 5.41) is 0. The van der Waals surface area contributed by atoms with E-state index in [1.807, 2.05) is 35.2 Å². The lowest BCUT2D eigenvalue weighted by molar-refractivity contribution is 0.0147. The largest absolute Gasteiger partial charge is 0.445 e. The minimum absolute atomic E-state index is 0.171. The van der Waals surface area contributed by atoms with Crippen molar-refractivity contribution in [2.75, 3.05) is 0 Å². The molecule has 0 spiro atoms. The molecule has 2 atom stereocenters. The Morgan fingerprint density at radius 1 is 1.20 bits per heavy atom. The van der Waals surface area contributed by atoms with Gasteiger partial charge in [0.15, 0.2) is 0 Å². The van der Waals surface area contributed by atoms with Gasteiger partial charge in [-0.15, -0.1) is 0 Å². The fraction of sp³-hybridized carbons (Fsp3) is 0.562. The Balaban J connectivity index is 1.62. The number of fused-ring (bicyclic) bond motifs is 2. The van der Waals surface area contributed by atoms with Crippen LogP contribution in [0.5, 0.6) is 0 Å². The monoisotopic (exact) mass is 274 g/mol. The molecule has 4 heteroatoms. The number of piperidine rings is 2. The molecule has 2 aliphatic heterocycles. The third kappa shape index (κ3) is 2.80. The smallest absolute Gasteiger partial charge is 0.410 e. The van der Waals surface area contributed by atoms with Crippen LogP contribution in [0.1, 0.15) is 37.7 Å². The number of hydrogen-bond donors (Lipinski definition) is 1. The average molecular weight is 274 g/mol. The van der Waals surface area contributed by atoms with Crippen molar-refractivity contribution in [1.82, 2.24) is 4.90 Å². The van der Waals surface area contributed by atoms with Gasteiger partial charge in [0.05, 0.1) is 0 Å². The van der Waals surface area contributed by atoms with Crippen molar-refractivity contribution in [3.05, 3.63) is 35.9 Å². The second kappa shape index (κ2) is 5.83. The topological polar surface area (TPSA) is 55.6 Å². The highest BCUT2D eigenvalue weighted by atomic mass is 16.6. The standard InChI is InChI=1S/C16H22N2O2/c17-13-9-14-7-4-8-15(10-13)18(14)16(19)20-11-12-5-2-1-3-6-12/h1-3,5-6,13-15H,4,7-11,17H2/t14-,15-/m0/s1. The number of nitrogens with two attached hydrogens (primary N) is 1. The number of rotatable bonds is 2. The van der Waals surface area contributed by atoms with Crippen molar-refractivity contribution in [3.63, 3.8) is 0 Å². The van der Waals surface area contributed by atoms with Gasteiger partial charge in [-0.3, -0.25) is 0 Å². The van der Waals surface area contributed by atoms with E-state index in [0.29, 0.717) is 6.61 Å². The first-order valence-electron chi connectivity index (χ1n) is 7.48. The first-order valence-corrected chi connectivity index (χ1v) is 7.48. The maximum Gasteiger partial charge on any atom is 0.410 e. The predicted molar refractivity (Wildman–Crippen MR) is 77.1 cm³/mol. The molecule has 2 N–H and O–H groups in total. The van der Waals surface area contributed by atoms with Gasteiger partial charge in [-0.1, -0.05) is 30.3 Å². The number of carbonyl (C=O) groups is 1. The van der Waals surface area contributed by atoms with Crippen LogP contribution in [-0.4, -0.2) is 29.1 Å². The number of carbonyl (C=O) groups excluding carboxylic acids is 1. The molecule has 2 heterocycles. The van der Waals surface area contributed by atoms with E-state index in [1.54, 1.807) is 0 Å². The van der Waals surface area contributed by atoms with Crippen molar-refractivity contribution in [2.45, 2.75) is 56.8 Å². The first kappa shape index (κ1) is 13.4. The Bertz CT molecular complexity index is 449. The van der Waals surface area contributed by atoms with Crippen LogP contribution in [0.15, 0.2) is 30.3 Å². The lowest BCUT2D eigenvalue weighted by atomic mass is 9.82. The van der Waals surface area contributed by atoms with Gasteiger partial charge in [-0.2, -0.15) is 0 Å². The Labute approximate surface area is 119 Å². The lowest BCUT2D eigenvalue weighted by Gasteiger charge is -2.47. The number of ether oxygens (including phenoxy) is 1. The molecule has 0 radical (unpaired) electrons. The van der Waals surface area contributed by atoms with Crippen LogP contribution >= 0.6 is 0 Å². The van der Waals surface area contributed by atoms with E-state index >= 15 is 0 Å². The van der Waals surface area contributed by atoms with Crippen LogP contribution in [-0.2, 0) is 11.3 Å². The lowest BCUT2D eigenvalue weighted by Crippen LogP contribution is -2.57. The van der Waals surface area contributed by atoms with Gasteiger partial charge in [-0.25, -0.2) is 4.79 Å². The second-order valence-corrected chi connectivity index (χ2v) is 5.92. The normalized spacial score (nSPS) is 29.1. The summed E-state index contributed by atoms with van der Waals surface area (Å²) in [6.07, 6.45) is 4.98. The summed E-state index contributed by atoms with van der Waals surface area (Å²) < 4.78 is 5.49. The zero-order valence-corrected chi connectivity index (χ0v) is 11.7. The molecule has 108 valence electrons. The summed E-state index contributed by atoms with van der Waals surface area (Å²) in [6.45, 7) is 0.349. The third-order valence-electron chi connectivity index (χ3n) is 4.43. The highest BCUT2D eigenvalue weighted by Gasteiger charge is 2.40. The fourth-order valence-corrected chi connectivity index (χ4v) is 3.52. The molecule has 20 heavy (non-hydrogen) atoms. The molecule has 2 aliphatic rings. The fourth-order valence-electron chi connectivity index (χ4n) is 3.52. The minimum atomic E-state index is -0.171. The van der Waals surface area contributed by atoms with E-state index in [2.05, 4.69) is 0 Å². The Morgan fingerprint density at radius 2 is 1.85 bits per heavy atom. The van der Waals surface area contributed by atoms with Crippen molar-refractivity contribution in [2.24, 2.45) is 5.73 Å². The van der Waals surface area contributed by atoms with Gasteiger partial charge >= 0.3 is 6.09 Å². The SMILES string of the molecule is NC1C[C@@H]2CCC[C@@H](C1)N2C(=O)OCc1ccccc1. The summed E-state index contributed by atoms with van der Waals surface area (Å²) in [7, 11) is 0. The van der Waals surface area contributed by atoms with E-state index < -0.39 is 0 Å². The molecular weight excluding hydrogens is 252 g/mol. The third-order valence-corrected chi connectivity index (χ3v) is 4.43. The molecule has 0 unspecified atom stereocenters. The maximum absolute atomic E-state index is 12.4. The second-order valence-electron chi connectivity index (χ2n) is 5.92. The zero-order valence-electron chi connectivity index (χ0n) is 11.7. The van der Waals surface area contributed by atoms with Crippen molar-refractivity contribution in [3.8, 4) is 0 Å². The highest BCUT2D eigenvalue weighted by molar-refractivity contribution is 5.69. The number of amides is 1. The number of benzene rings is 1. The molecular formula is C16H22N2O2. The summed E-state index contributed by atoms with van der Waals surface area (Å²) in [4.78, 5) is 14.3. The van der Waals surface area contributed by atoms with Crippen LogP contribution in [0.4, 0.5) is 4.79 Å². The predicted octanol–water partition coefficient (Wildman–Crippen LogP) is 2.67. The summed E-state index contributed by atoms with van der Waals surface area (Å²) in [5.74, 6) is 0. The number of hydrogen-bond acceptors (Lipinski definition) is 3. The maximum atomic E-state index is 12.4. The molecule has 2 saturated heterocycles. The Hall–Kier alpha value is -1.55. The van der Waals surface area contributed by atoms with Crippen molar-refractivity contribution < 1.29 is 9.53 Å². The van der Waals surface area contributed by atoms with Gasteiger partial charge in [0.2, 0.25) is 0 Å². The van der Waals surface area contributed by atoms with Crippen LogP contribution in [0.25, 0.3) is 0 Å². The van der Waals surface area contributed by atoms with Crippen LogP contribution in [0, 0.1) is 0 Å². The van der Waals surface area contributed by atoms with Crippen LogP contribution in [0.3, 0.4) is 0 Å². The zero-order chi connectivity index (χ0) is 13.9. The minimum Gasteiger partial charge on any atom is -0.445 e. The summed E-state index contributed by atoms with van der Waals surface area (Å²) in [5.41, 5.74) is 7.10. The molecule has 0 aliphatic carbocycles. The molecule has 1 aromatic carbocycles.